The molecule has 2 unspecified atom stereocenters. The summed E-state index contributed by atoms with van der Waals surface area (Å²) in [6.07, 6.45) is 2.61. The van der Waals surface area contributed by atoms with Crippen LogP contribution in [0, 0.1) is 17.2 Å². The molecule has 0 saturated carbocycles. The zero-order valence-electron chi connectivity index (χ0n) is 12.8. The van der Waals surface area contributed by atoms with Gasteiger partial charge in [-0.3, -0.25) is 4.79 Å². The molecule has 4 heteroatoms. The van der Waals surface area contributed by atoms with E-state index >= 15 is 0 Å². The Morgan fingerprint density at radius 2 is 2.19 bits per heavy atom. The van der Waals surface area contributed by atoms with Crippen LogP contribution in [-0.4, -0.2) is 29.9 Å². The molecule has 0 aromatic heterocycles. The van der Waals surface area contributed by atoms with E-state index in [0.29, 0.717) is 23.7 Å². The third-order valence-electron chi connectivity index (χ3n) is 4.08. The molecule has 1 aliphatic heterocycles. The van der Waals surface area contributed by atoms with Crippen LogP contribution in [0.25, 0.3) is 0 Å². The van der Waals surface area contributed by atoms with Crippen molar-refractivity contribution in [1.82, 2.24) is 4.90 Å². The maximum atomic E-state index is 12.0. The van der Waals surface area contributed by atoms with Gasteiger partial charge < -0.3 is 10.2 Å². The maximum Gasteiger partial charge on any atom is 0.224 e. The number of nitrogens with zero attached hydrogens (tertiary/aromatic N) is 2. The van der Waals surface area contributed by atoms with Gasteiger partial charge in [0, 0.05) is 19.0 Å². The van der Waals surface area contributed by atoms with Crippen LogP contribution in [0.3, 0.4) is 0 Å². The van der Waals surface area contributed by atoms with Crippen molar-refractivity contribution in [1.29, 1.82) is 5.26 Å². The molecular formula is C17H23N3O. The molecule has 2 rings (SSSR count). The Balaban J connectivity index is 1.77. The fourth-order valence-corrected chi connectivity index (χ4v) is 3.04. The van der Waals surface area contributed by atoms with Gasteiger partial charge in [-0.1, -0.05) is 19.1 Å². The normalized spacial score (nSPS) is 22.0. The topological polar surface area (TPSA) is 56.1 Å². The highest BCUT2D eigenvalue weighted by Crippen LogP contribution is 2.22. The molecule has 4 nitrogen and oxygen atoms in total. The van der Waals surface area contributed by atoms with Gasteiger partial charge in [-0.05, 0) is 44.4 Å². The summed E-state index contributed by atoms with van der Waals surface area (Å²) in [5, 5.41) is 11.8. The van der Waals surface area contributed by atoms with Crippen LogP contribution in [0.15, 0.2) is 24.3 Å². The van der Waals surface area contributed by atoms with Crippen LogP contribution in [0.1, 0.15) is 38.7 Å². The molecule has 0 bridgehead atoms. The largest absolute Gasteiger partial charge is 0.325 e. The third kappa shape index (κ3) is 4.30. The number of carbonyl (C=O) groups is 1. The molecule has 1 N–H and O–H groups in total. The van der Waals surface area contributed by atoms with Gasteiger partial charge >= 0.3 is 0 Å². The molecule has 1 aliphatic rings. The highest BCUT2D eigenvalue weighted by atomic mass is 16.1. The average Bonchev–Trinajstić information content (AvgIpc) is 2.77. The number of hydrogen-bond donors (Lipinski definition) is 1. The molecule has 0 radical (unpaired) electrons. The summed E-state index contributed by atoms with van der Waals surface area (Å²) < 4.78 is 0. The smallest absolute Gasteiger partial charge is 0.224 e. The van der Waals surface area contributed by atoms with Crippen molar-refractivity contribution in [3.05, 3.63) is 29.8 Å². The van der Waals surface area contributed by atoms with E-state index in [1.807, 2.05) is 6.07 Å². The summed E-state index contributed by atoms with van der Waals surface area (Å²) in [6, 6.07) is 9.81. The maximum absolute atomic E-state index is 12.0. The second-order valence-corrected chi connectivity index (χ2v) is 5.99. The fraction of sp³-hybridized carbons (Fsp3) is 0.529. The molecule has 0 spiro atoms. The molecule has 112 valence electrons. The number of benzene rings is 1. The summed E-state index contributed by atoms with van der Waals surface area (Å²) in [6.45, 7) is 6.65. The minimum absolute atomic E-state index is 0.0161. The number of carbonyl (C=O) groups excluding carboxylic acids is 1. The third-order valence-corrected chi connectivity index (χ3v) is 4.08. The fourth-order valence-electron chi connectivity index (χ4n) is 3.04. The van der Waals surface area contributed by atoms with Crippen LogP contribution in [0.5, 0.6) is 0 Å². The lowest BCUT2D eigenvalue weighted by atomic mass is 10.1. The van der Waals surface area contributed by atoms with Crippen LogP contribution >= 0.6 is 0 Å². The first-order valence-corrected chi connectivity index (χ1v) is 7.63. The molecule has 1 aromatic carbocycles. The van der Waals surface area contributed by atoms with Crippen LogP contribution in [0.4, 0.5) is 5.69 Å². The summed E-state index contributed by atoms with van der Waals surface area (Å²) >= 11 is 0. The van der Waals surface area contributed by atoms with Crippen molar-refractivity contribution in [3.8, 4) is 6.07 Å². The molecule has 1 aromatic rings. The van der Waals surface area contributed by atoms with E-state index in [0.717, 1.165) is 25.4 Å². The Morgan fingerprint density at radius 3 is 2.86 bits per heavy atom. The number of likely N-dealkylation sites (tertiary alicyclic amines) is 1. The summed E-state index contributed by atoms with van der Waals surface area (Å²) in [5.74, 6) is 0.744. The molecule has 1 amide bonds. The summed E-state index contributed by atoms with van der Waals surface area (Å²) in [7, 11) is 0. The number of amides is 1. The van der Waals surface area contributed by atoms with E-state index < -0.39 is 0 Å². The molecule has 1 heterocycles. The Hall–Kier alpha value is -1.86. The Bertz CT molecular complexity index is 535. The summed E-state index contributed by atoms with van der Waals surface area (Å²) in [4.78, 5) is 14.4. The lowest BCUT2D eigenvalue weighted by Crippen LogP contribution is -2.29. The van der Waals surface area contributed by atoms with Crippen molar-refractivity contribution < 1.29 is 4.79 Å². The number of nitrogens with one attached hydrogen (secondary N) is 1. The standard InChI is InChI=1S/C17H23N3O/c1-13-10-14(2)20(12-13)9-5-8-17(21)19-16-7-4-3-6-15(16)11-18/h3-4,6-7,13-14H,5,8-10,12H2,1-2H3,(H,19,21). The quantitative estimate of drug-likeness (QED) is 0.904. The first-order valence-electron chi connectivity index (χ1n) is 7.63. The zero-order chi connectivity index (χ0) is 15.2. The van der Waals surface area contributed by atoms with E-state index in [4.69, 9.17) is 5.26 Å². The van der Waals surface area contributed by atoms with Gasteiger partial charge in [-0.15, -0.1) is 0 Å². The number of nitriles is 1. The Labute approximate surface area is 126 Å². The highest BCUT2D eigenvalue weighted by Gasteiger charge is 2.25. The van der Waals surface area contributed by atoms with Crippen molar-refractivity contribution in [3.63, 3.8) is 0 Å². The van der Waals surface area contributed by atoms with E-state index in [-0.39, 0.29) is 5.91 Å². The van der Waals surface area contributed by atoms with E-state index in [2.05, 4.69) is 30.1 Å². The molecule has 2 atom stereocenters. The van der Waals surface area contributed by atoms with Crippen molar-refractivity contribution >= 4 is 11.6 Å². The van der Waals surface area contributed by atoms with E-state index in [1.165, 1.54) is 6.42 Å². The van der Waals surface area contributed by atoms with Gasteiger partial charge in [0.25, 0.3) is 0 Å². The van der Waals surface area contributed by atoms with Gasteiger partial charge in [0.15, 0.2) is 0 Å². The predicted molar refractivity (Wildman–Crippen MR) is 83.8 cm³/mol. The summed E-state index contributed by atoms with van der Waals surface area (Å²) in [5.41, 5.74) is 1.11. The number of para-hydroxylation sites is 1. The monoisotopic (exact) mass is 285 g/mol. The van der Waals surface area contributed by atoms with Gasteiger partial charge in [0.2, 0.25) is 5.91 Å². The average molecular weight is 285 g/mol. The van der Waals surface area contributed by atoms with Crippen molar-refractivity contribution in [2.75, 3.05) is 18.4 Å². The highest BCUT2D eigenvalue weighted by molar-refractivity contribution is 5.92. The number of anilines is 1. The van der Waals surface area contributed by atoms with Gasteiger partial charge in [0.05, 0.1) is 11.3 Å². The van der Waals surface area contributed by atoms with Gasteiger partial charge in [-0.2, -0.15) is 5.26 Å². The van der Waals surface area contributed by atoms with E-state index in [9.17, 15) is 4.79 Å². The SMILES string of the molecule is CC1CC(C)N(CCCC(=O)Nc2ccccc2C#N)C1. The molecular weight excluding hydrogens is 262 g/mol. The second kappa shape index (κ2) is 7.24. The van der Waals surface area contributed by atoms with Crippen molar-refractivity contribution in [2.45, 2.75) is 39.2 Å². The molecule has 1 fully saturated rings. The predicted octanol–water partition coefficient (Wildman–Crippen LogP) is 3.01. The lowest BCUT2D eigenvalue weighted by Gasteiger charge is -2.20. The minimum atomic E-state index is -0.0161. The lowest BCUT2D eigenvalue weighted by molar-refractivity contribution is -0.116. The van der Waals surface area contributed by atoms with Gasteiger partial charge in [-0.25, -0.2) is 0 Å². The molecule has 1 saturated heterocycles. The van der Waals surface area contributed by atoms with E-state index in [1.54, 1.807) is 18.2 Å². The van der Waals surface area contributed by atoms with Crippen molar-refractivity contribution in [2.24, 2.45) is 5.92 Å². The first-order chi connectivity index (χ1) is 10.1. The molecule has 21 heavy (non-hydrogen) atoms. The zero-order valence-corrected chi connectivity index (χ0v) is 12.8. The Morgan fingerprint density at radius 1 is 1.43 bits per heavy atom. The minimum Gasteiger partial charge on any atom is -0.325 e. The number of hydrogen-bond acceptors (Lipinski definition) is 3. The second-order valence-electron chi connectivity index (χ2n) is 5.99. The van der Waals surface area contributed by atoms with Crippen LogP contribution < -0.4 is 5.32 Å². The molecule has 0 aliphatic carbocycles. The van der Waals surface area contributed by atoms with Gasteiger partial charge in [0.1, 0.15) is 6.07 Å². The number of rotatable bonds is 5. The Kier molecular flexibility index (Phi) is 5.35. The van der Waals surface area contributed by atoms with Crippen LogP contribution in [-0.2, 0) is 4.79 Å². The van der Waals surface area contributed by atoms with Crippen LogP contribution in [0.2, 0.25) is 0 Å². The first kappa shape index (κ1) is 15.5.